The van der Waals surface area contributed by atoms with Crippen LogP contribution in [-0.2, 0) is 41.5 Å². The zero-order valence-corrected chi connectivity index (χ0v) is 36.7. The lowest BCUT2D eigenvalue weighted by molar-refractivity contribution is -0.161. The molecule has 10 heteroatoms. The molecule has 0 fully saturated rings. The molecule has 320 valence electrons. The Morgan fingerprint density at radius 1 is 0.593 bits per heavy atom. The fourth-order valence-electron chi connectivity index (χ4n) is 5.47. The summed E-state index contributed by atoms with van der Waals surface area (Å²) in [6.45, 7) is 21.0. The molecule has 0 aliphatic carbocycles. The Balaban J connectivity index is 0.000000343. The molecule has 0 spiro atoms. The Bertz CT molecular complexity index is 1890. The van der Waals surface area contributed by atoms with Gasteiger partial charge in [0, 0.05) is 30.9 Å². The third-order valence-electron chi connectivity index (χ3n) is 8.34. The minimum Gasteiger partial charge on any atom is -0.458 e. The first kappa shape index (κ1) is 50.0. The van der Waals surface area contributed by atoms with Gasteiger partial charge in [-0.2, -0.15) is 0 Å². The summed E-state index contributed by atoms with van der Waals surface area (Å²) in [5.41, 5.74) is 7.52. The number of rotatable bonds is 17. The molecule has 0 amide bonds. The van der Waals surface area contributed by atoms with Crippen molar-refractivity contribution in [1.82, 2.24) is 0 Å². The van der Waals surface area contributed by atoms with Crippen LogP contribution in [-0.4, -0.2) is 68.7 Å². The highest BCUT2D eigenvalue weighted by molar-refractivity contribution is 5.85. The summed E-state index contributed by atoms with van der Waals surface area (Å²) in [4.78, 5) is 47.0. The fourth-order valence-corrected chi connectivity index (χ4v) is 5.47. The van der Waals surface area contributed by atoms with E-state index < -0.39 is 17.0 Å². The number of aldehydes is 2. The summed E-state index contributed by atoms with van der Waals surface area (Å²) in [6, 6.07) is 27.2. The average molecular weight is 814 g/mol. The molecule has 0 atom stereocenters. The van der Waals surface area contributed by atoms with Gasteiger partial charge in [-0.1, -0.05) is 71.8 Å². The van der Waals surface area contributed by atoms with Crippen LogP contribution < -0.4 is 4.90 Å². The van der Waals surface area contributed by atoms with Crippen molar-refractivity contribution in [3.8, 4) is 0 Å². The van der Waals surface area contributed by atoms with E-state index in [0.717, 1.165) is 47.9 Å². The van der Waals surface area contributed by atoms with Gasteiger partial charge in [0.25, 0.3) is 0 Å². The lowest BCUT2D eigenvalue weighted by Crippen LogP contribution is -2.30. The first-order chi connectivity index (χ1) is 27.8. The molecule has 0 radical (unpaired) electrons. The maximum atomic E-state index is 12.6. The van der Waals surface area contributed by atoms with Crippen LogP contribution >= 0.6 is 0 Å². The van der Waals surface area contributed by atoms with Gasteiger partial charge in [0.1, 0.15) is 30.2 Å². The van der Waals surface area contributed by atoms with Gasteiger partial charge < -0.3 is 23.8 Å². The van der Waals surface area contributed by atoms with Crippen molar-refractivity contribution in [2.24, 2.45) is 0 Å². The molecular formula is C49H64FNO8. The van der Waals surface area contributed by atoms with Crippen molar-refractivity contribution >= 4 is 30.2 Å². The van der Waals surface area contributed by atoms with Gasteiger partial charge in [-0.15, -0.1) is 0 Å². The van der Waals surface area contributed by atoms with Crippen LogP contribution in [0.25, 0.3) is 0 Å². The van der Waals surface area contributed by atoms with Crippen LogP contribution in [0.1, 0.15) is 108 Å². The number of unbranched alkanes of at least 4 members (excludes halogenated alkanes) is 1. The highest BCUT2D eigenvalue weighted by Crippen LogP contribution is 2.23. The van der Waals surface area contributed by atoms with Crippen LogP contribution in [0.15, 0.2) is 84.9 Å². The van der Waals surface area contributed by atoms with Crippen molar-refractivity contribution in [2.45, 2.75) is 106 Å². The lowest BCUT2D eigenvalue weighted by atomic mass is 10.1. The van der Waals surface area contributed by atoms with Crippen molar-refractivity contribution in [1.29, 1.82) is 0 Å². The van der Waals surface area contributed by atoms with Gasteiger partial charge in [-0.05, 0) is 135 Å². The Kier molecular flexibility index (Phi) is 21.4. The summed E-state index contributed by atoms with van der Waals surface area (Å²) >= 11 is 0. The second-order valence-electron chi connectivity index (χ2n) is 16.5. The van der Waals surface area contributed by atoms with E-state index in [9.17, 15) is 23.6 Å². The largest absolute Gasteiger partial charge is 0.458 e. The molecule has 0 unspecified atom stereocenters. The van der Waals surface area contributed by atoms with E-state index in [1.54, 1.807) is 13.0 Å². The van der Waals surface area contributed by atoms with Crippen LogP contribution in [0.3, 0.4) is 0 Å². The molecule has 0 aliphatic heterocycles. The molecule has 9 nitrogen and oxygen atoms in total. The molecule has 4 aromatic rings. The molecule has 0 bridgehead atoms. The van der Waals surface area contributed by atoms with Gasteiger partial charge in [-0.25, -0.2) is 14.0 Å². The highest BCUT2D eigenvalue weighted by atomic mass is 19.1. The third kappa shape index (κ3) is 22.0. The SMILES string of the molecule is Cc1ccc(C=O)c(F)c1.Cc1ccc(CCCCOCC(=O)OC(C)(C)C)cc1.Cc1ccc(CN(CCOCC(=O)OC(C)(C)C)c2cc(C)ccc2C=O)cc1. The minimum atomic E-state index is -0.529. The molecular weight excluding hydrogens is 750 g/mol. The van der Waals surface area contributed by atoms with Gasteiger partial charge in [-0.3, -0.25) is 9.59 Å². The topological polar surface area (TPSA) is 108 Å². The number of carbonyl (C=O) groups is 4. The summed E-state index contributed by atoms with van der Waals surface area (Å²) in [5, 5.41) is 0. The quantitative estimate of drug-likeness (QED) is 0.0585. The molecule has 59 heavy (non-hydrogen) atoms. The maximum absolute atomic E-state index is 12.6. The average Bonchev–Trinajstić information content (AvgIpc) is 3.15. The molecule has 0 saturated heterocycles. The van der Waals surface area contributed by atoms with Crippen molar-refractivity contribution in [2.75, 3.05) is 37.9 Å². The van der Waals surface area contributed by atoms with Gasteiger partial charge in [0.2, 0.25) is 0 Å². The standard InChI is InChI=1S/C24H31NO4.C17H26O3.C8H7FO/c1-18-6-9-20(10-7-18)15-25(22-14-19(2)8-11-21(22)16-26)12-13-28-17-23(27)29-24(3,4)5;1-14-8-10-15(11-9-14)7-5-6-12-19-13-16(18)20-17(2,3)4;1-6-2-3-7(5-10)8(9)4-6/h6-11,14,16H,12-13,15,17H2,1-5H3;8-11H,5-7,12-13H2,1-4H3;2-5H,1H3. The van der Waals surface area contributed by atoms with E-state index in [1.807, 2.05) is 66.7 Å². The third-order valence-corrected chi connectivity index (χ3v) is 8.34. The summed E-state index contributed by atoms with van der Waals surface area (Å²) < 4.78 is 33.9. The summed E-state index contributed by atoms with van der Waals surface area (Å²) in [7, 11) is 0. The first-order valence-corrected chi connectivity index (χ1v) is 20.0. The molecule has 0 saturated carbocycles. The second kappa shape index (κ2) is 25.3. The number of hydrogen-bond acceptors (Lipinski definition) is 9. The van der Waals surface area contributed by atoms with Crippen LogP contribution in [0.2, 0.25) is 0 Å². The zero-order chi connectivity index (χ0) is 44.0. The molecule has 0 aromatic heterocycles. The number of hydrogen-bond donors (Lipinski definition) is 0. The maximum Gasteiger partial charge on any atom is 0.332 e. The van der Waals surface area contributed by atoms with Gasteiger partial charge >= 0.3 is 11.9 Å². The molecule has 4 aromatic carbocycles. The van der Waals surface area contributed by atoms with E-state index in [1.165, 1.54) is 28.8 Å². The second-order valence-corrected chi connectivity index (χ2v) is 16.5. The predicted molar refractivity (Wildman–Crippen MR) is 233 cm³/mol. The Morgan fingerprint density at radius 2 is 1.05 bits per heavy atom. The minimum absolute atomic E-state index is 0.0435. The molecule has 0 aliphatic rings. The van der Waals surface area contributed by atoms with Crippen LogP contribution in [0.4, 0.5) is 10.1 Å². The van der Waals surface area contributed by atoms with Gasteiger partial charge in [0.15, 0.2) is 12.6 Å². The van der Waals surface area contributed by atoms with Crippen molar-refractivity contribution in [3.05, 3.63) is 135 Å². The fraction of sp³-hybridized carbons (Fsp3) is 0.429. The normalized spacial score (nSPS) is 11.0. The van der Waals surface area contributed by atoms with Crippen molar-refractivity contribution in [3.63, 3.8) is 0 Å². The van der Waals surface area contributed by atoms with E-state index in [0.29, 0.717) is 38.2 Å². The number of ether oxygens (including phenoxy) is 4. The monoisotopic (exact) mass is 813 g/mol. The van der Waals surface area contributed by atoms with Crippen molar-refractivity contribution < 1.29 is 42.5 Å². The van der Waals surface area contributed by atoms with E-state index in [2.05, 4.69) is 67.3 Å². The predicted octanol–water partition coefficient (Wildman–Crippen LogP) is 10.1. The number of carbonyl (C=O) groups excluding carboxylic acids is 4. The number of halogens is 1. The smallest absolute Gasteiger partial charge is 0.332 e. The zero-order valence-electron chi connectivity index (χ0n) is 36.7. The van der Waals surface area contributed by atoms with Gasteiger partial charge in [0.05, 0.1) is 12.2 Å². The molecule has 0 heterocycles. The van der Waals surface area contributed by atoms with Crippen LogP contribution in [0, 0.1) is 33.5 Å². The number of esters is 2. The number of benzene rings is 4. The summed E-state index contributed by atoms with van der Waals surface area (Å²) in [6.07, 6.45) is 4.46. The summed E-state index contributed by atoms with van der Waals surface area (Å²) in [5.74, 6) is -1.13. The number of aryl methyl sites for hydroxylation is 5. The molecule has 0 N–H and O–H groups in total. The first-order valence-electron chi connectivity index (χ1n) is 20.0. The van der Waals surface area contributed by atoms with E-state index >= 15 is 0 Å². The Hall–Kier alpha value is -5.19. The van der Waals surface area contributed by atoms with E-state index in [-0.39, 0.29) is 30.7 Å². The highest BCUT2D eigenvalue weighted by Gasteiger charge is 2.18. The molecule has 4 rings (SSSR count). The van der Waals surface area contributed by atoms with Crippen LogP contribution in [0.5, 0.6) is 0 Å². The Morgan fingerprint density at radius 3 is 1.54 bits per heavy atom. The Labute approximate surface area is 351 Å². The number of nitrogens with zero attached hydrogens (tertiary/aromatic N) is 1. The van der Waals surface area contributed by atoms with E-state index in [4.69, 9.17) is 18.9 Å². The lowest BCUT2D eigenvalue weighted by Gasteiger charge is -2.27. The number of anilines is 1.